The van der Waals surface area contributed by atoms with Crippen molar-refractivity contribution in [3.8, 4) is 0 Å². The Labute approximate surface area is 112 Å². The molecule has 1 saturated heterocycles. The van der Waals surface area contributed by atoms with Crippen LogP contribution in [0.25, 0.3) is 0 Å². The van der Waals surface area contributed by atoms with Gasteiger partial charge in [0.05, 0.1) is 17.5 Å². The number of hydrogen-bond donors (Lipinski definition) is 1. The molecule has 100 valence electrons. The first-order chi connectivity index (χ1) is 8.89. The van der Waals surface area contributed by atoms with Crippen LogP contribution in [0.2, 0.25) is 0 Å². The smallest absolute Gasteiger partial charge is 0.238 e. The zero-order chi connectivity index (χ0) is 13.9. The van der Waals surface area contributed by atoms with Crippen LogP contribution < -0.4 is 10.6 Å². The normalized spacial score (nSPS) is 27.6. The number of carbonyl (C=O) groups excluding carboxylic acids is 2. The predicted octanol–water partition coefficient (Wildman–Crippen LogP) is 1.98. The van der Waals surface area contributed by atoms with Crippen molar-refractivity contribution in [2.24, 2.45) is 17.3 Å². The largest absolute Gasteiger partial charge is 0.398 e. The summed E-state index contributed by atoms with van der Waals surface area (Å²) < 4.78 is 0. The van der Waals surface area contributed by atoms with Gasteiger partial charge >= 0.3 is 0 Å². The molecule has 2 atom stereocenters. The number of nitrogen functional groups attached to an aromatic ring is 1. The lowest BCUT2D eigenvalue weighted by atomic mass is 10.0. The first-order valence-electron chi connectivity index (χ1n) is 6.65. The number of aryl methyl sites for hydroxylation is 1. The second-order valence-electron chi connectivity index (χ2n) is 6.03. The number of rotatable bonds is 2. The molecule has 3 rings (SSSR count). The van der Waals surface area contributed by atoms with Gasteiger partial charge in [0.2, 0.25) is 11.8 Å². The van der Waals surface area contributed by atoms with E-state index in [9.17, 15) is 9.59 Å². The van der Waals surface area contributed by atoms with Gasteiger partial charge in [-0.2, -0.15) is 0 Å². The molecule has 2 unspecified atom stereocenters. The van der Waals surface area contributed by atoms with Crippen LogP contribution in [-0.2, 0) is 16.0 Å². The van der Waals surface area contributed by atoms with Gasteiger partial charge in [0, 0.05) is 5.69 Å². The van der Waals surface area contributed by atoms with Crippen LogP contribution in [0.4, 0.5) is 11.4 Å². The molecule has 19 heavy (non-hydrogen) atoms. The number of carbonyl (C=O) groups is 2. The number of nitrogens with zero attached hydrogens (tertiary/aromatic N) is 1. The van der Waals surface area contributed by atoms with Gasteiger partial charge in [-0.3, -0.25) is 9.59 Å². The first kappa shape index (κ1) is 12.2. The Hall–Kier alpha value is -1.84. The van der Waals surface area contributed by atoms with Crippen molar-refractivity contribution in [2.45, 2.75) is 27.2 Å². The van der Waals surface area contributed by atoms with E-state index in [0.29, 0.717) is 11.4 Å². The SMILES string of the molecule is CCc1ccc(N2C(=O)C3C(C2=O)C3(C)C)cc1N. The van der Waals surface area contributed by atoms with E-state index in [1.807, 2.05) is 32.9 Å². The van der Waals surface area contributed by atoms with Gasteiger partial charge in [0.15, 0.2) is 0 Å². The molecule has 0 bridgehead atoms. The maximum Gasteiger partial charge on any atom is 0.238 e. The Kier molecular flexibility index (Phi) is 2.31. The molecule has 0 radical (unpaired) electrons. The van der Waals surface area contributed by atoms with Crippen LogP contribution >= 0.6 is 0 Å². The third kappa shape index (κ3) is 1.46. The second-order valence-corrected chi connectivity index (χ2v) is 6.03. The monoisotopic (exact) mass is 258 g/mol. The average Bonchev–Trinajstić information content (AvgIpc) is 2.79. The summed E-state index contributed by atoms with van der Waals surface area (Å²) in [6, 6.07) is 5.43. The quantitative estimate of drug-likeness (QED) is 0.651. The molecule has 2 N–H and O–H groups in total. The number of nitrogens with two attached hydrogens (primary N) is 1. The highest BCUT2D eigenvalue weighted by molar-refractivity contribution is 6.25. The van der Waals surface area contributed by atoms with Crippen LogP contribution in [0.15, 0.2) is 18.2 Å². The lowest BCUT2D eigenvalue weighted by Crippen LogP contribution is -2.36. The highest BCUT2D eigenvalue weighted by Gasteiger charge is 2.72. The van der Waals surface area contributed by atoms with E-state index in [0.717, 1.165) is 12.0 Å². The highest BCUT2D eigenvalue weighted by atomic mass is 16.2. The van der Waals surface area contributed by atoms with Crippen LogP contribution in [0.1, 0.15) is 26.3 Å². The van der Waals surface area contributed by atoms with Crippen molar-refractivity contribution in [1.29, 1.82) is 0 Å². The molecule has 0 aromatic heterocycles. The molecule has 1 aliphatic heterocycles. The first-order valence-corrected chi connectivity index (χ1v) is 6.65. The molecule has 1 aromatic rings. The number of anilines is 2. The Morgan fingerprint density at radius 3 is 2.26 bits per heavy atom. The summed E-state index contributed by atoms with van der Waals surface area (Å²) in [4.78, 5) is 25.9. The molecule has 1 heterocycles. The maximum atomic E-state index is 12.3. The molecule has 4 nitrogen and oxygen atoms in total. The van der Waals surface area contributed by atoms with E-state index >= 15 is 0 Å². The molecule has 1 saturated carbocycles. The van der Waals surface area contributed by atoms with Crippen LogP contribution in [0, 0.1) is 17.3 Å². The molecule has 1 aliphatic carbocycles. The molecule has 2 aliphatic rings. The van der Waals surface area contributed by atoms with Crippen LogP contribution in [-0.4, -0.2) is 11.8 Å². The average molecular weight is 258 g/mol. The topological polar surface area (TPSA) is 63.4 Å². The van der Waals surface area contributed by atoms with E-state index in [1.54, 1.807) is 6.07 Å². The third-order valence-corrected chi connectivity index (χ3v) is 4.57. The van der Waals surface area contributed by atoms with Crippen LogP contribution in [0.5, 0.6) is 0 Å². The summed E-state index contributed by atoms with van der Waals surface area (Å²) in [6.45, 7) is 5.98. The van der Waals surface area contributed by atoms with Gasteiger partial charge in [0.25, 0.3) is 0 Å². The maximum absolute atomic E-state index is 12.3. The summed E-state index contributed by atoms with van der Waals surface area (Å²) >= 11 is 0. The molecule has 4 heteroatoms. The van der Waals surface area contributed by atoms with Crippen molar-refractivity contribution in [3.63, 3.8) is 0 Å². The van der Waals surface area contributed by atoms with Crippen molar-refractivity contribution < 1.29 is 9.59 Å². The minimum atomic E-state index is -0.167. The number of amides is 2. The number of piperidine rings is 1. The molecule has 1 aromatic carbocycles. The predicted molar refractivity (Wildman–Crippen MR) is 73.5 cm³/mol. The fourth-order valence-corrected chi connectivity index (χ4v) is 3.24. The number of benzene rings is 1. The Morgan fingerprint density at radius 1 is 1.21 bits per heavy atom. The summed E-state index contributed by atoms with van der Waals surface area (Å²) in [5.41, 5.74) is 8.05. The fraction of sp³-hybridized carbons (Fsp3) is 0.467. The van der Waals surface area contributed by atoms with E-state index in [4.69, 9.17) is 5.73 Å². The summed E-state index contributed by atoms with van der Waals surface area (Å²) in [7, 11) is 0. The Bertz CT molecular complexity index is 568. The number of imide groups is 1. The zero-order valence-electron chi connectivity index (χ0n) is 11.4. The third-order valence-electron chi connectivity index (χ3n) is 4.57. The number of hydrogen-bond acceptors (Lipinski definition) is 3. The lowest BCUT2D eigenvalue weighted by molar-refractivity contribution is -0.125. The minimum Gasteiger partial charge on any atom is -0.398 e. The Balaban J connectivity index is 1.95. The van der Waals surface area contributed by atoms with Crippen LogP contribution in [0.3, 0.4) is 0 Å². The highest BCUT2D eigenvalue weighted by Crippen LogP contribution is 2.63. The molecule has 0 spiro atoms. The van der Waals surface area contributed by atoms with Crippen molar-refractivity contribution in [1.82, 2.24) is 0 Å². The Morgan fingerprint density at radius 2 is 1.79 bits per heavy atom. The second kappa shape index (κ2) is 3.59. The van der Waals surface area contributed by atoms with Gasteiger partial charge in [-0.05, 0) is 29.5 Å². The van der Waals surface area contributed by atoms with E-state index in [2.05, 4.69) is 0 Å². The molecule has 2 fully saturated rings. The van der Waals surface area contributed by atoms with Crippen molar-refractivity contribution in [2.75, 3.05) is 10.6 Å². The number of fused-ring (bicyclic) bond motifs is 1. The van der Waals surface area contributed by atoms with Crippen molar-refractivity contribution >= 4 is 23.2 Å². The van der Waals surface area contributed by atoms with Gasteiger partial charge in [-0.25, -0.2) is 4.90 Å². The minimum absolute atomic E-state index is 0.0800. The standard InChI is InChI=1S/C15H18N2O2/c1-4-8-5-6-9(7-10(8)16)17-13(18)11-12(14(17)19)15(11,2)3/h5-7,11-12H,4,16H2,1-3H3. The van der Waals surface area contributed by atoms with E-state index < -0.39 is 0 Å². The summed E-state index contributed by atoms with van der Waals surface area (Å²) in [6.07, 6.45) is 0.840. The van der Waals surface area contributed by atoms with Gasteiger partial charge in [0.1, 0.15) is 0 Å². The van der Waals surface area contributed by atoms with Crippen molar-refractivity contribution in [3.05, 3.63) is 23.8 Å². The van der Waals surface area contributed by atoms with Gasteiger partial charge in [-0.1, -0.05) is 26.8 Å². The van der Waals surface area contributed by atoms with E-state index in [1.165, 1.54) is 4.90 Å². The fourth-order valence-electron chi connectivity index (χ4n) is 3.24. The lowest BCUT2D eigenvalue weighted by Gasteiger charge is -2.21. The molecular formula is C15H18N2O2. The zero-order valence-corrected chi connectivity index (χ0v) is 11.4. The van der Waals surface area contributed by atoms with Gasteiger partial charge < -0.3 is 5.73 Å². The molecular weight excluding hydrogens is 240 g/mol. The van der Waals surface area contributed by atoms with Gasteiger partial charge in [-0.15, -0.1) is 0 Å². The summed E-state index contributed by atoms with van der Waals surface area (Å²) in [5.74, 6) is -0.452. The van der Waals surface area contributed by atoms with E-state index in [-0.39, 0.29) is 29.1 Å². The molecule has 2 amide bonds. The summed E-state index contributed by atoms with van der Waals surface area (Å²) in [5, 5.41) is 0.